The van der Waals surface area contributed by atoms with E-state index in [0.717, 1.165) is 32.4 Å². The highest BCUT2D eigenvalue weighted by molar-refractivity contribution is 5.03. The van der Waals surface area contributed by atoms with E-state index in [-0.39, 0.29) is 5.41 Å². The first-order chi connectivity index (χ1) is 9.83. The molecule has 2 unspecified atom stereocenters. The van der Waals surface area contributed by atoms with Crippen molar-refractivity contribution in [3.63, 3.8) is 0 Å². The topological polar surface area (TPSA) is 41.5 Å². The van der Waals surface area contributed by atoms with Crippen molar-refractivity contribution in [1.82, 2.24) is 5.32 Å². The zero-order valence-corrected chi connectivity index (χ0v) is 14.5. The maximum Gasteiger partial charge on any atom is 0.0771 e. The molecular formula is C18H35NO2. The van der Waals surface area contributed by atoms with Gasteiger partial charge < -0.3 is 15.2 Å². The molecule has 0 aromatic rings. The smallest absolute Gasteiger partial charge is 0.0771 e. The first-order valence-corrected chi connectivity index (χ1v) is 8.91. The Kier molecular flexibility index (Phi) is 5.72. The van der Waals surface area contributed by atoms with Crippen LogP contribution in [0.25, 0.3) is 0 Å². The van der Waals surface area contributed by atoms with E-state index >= 15 is 0 Å². The van der Waals surface area contributed by atoms with Crippen molar-refractivity contribution in [3.8, 4) is 0 Å². The molecule has 2 fully saturated rings. The molecule has 2 aliphatic carbocycles. The second kappa shape index (κ2) is 6.97. The third kappa shape index (κ3) is 4.43. The lowest BCUT2D eigenvalue weighted by Crippen LogP contribution is -2.63. The molecule has 0 spiro atoms. The molecule has 0 amide bonds. The summed E-state index contributed by atoms with van der Waals surface area (Å²) in [5, 5.41) is 14.4. The van der Waals surface area contributed by atoms with Gasteiger partial charge in [-0.3, -0.25) is 0 Å². The van der Waals surface area contributed by atoms with Crippen LogP contribution in [0.1, 0.15) is 72.6 Å². The minimum atomic E-state index is -0.476. The number of hydrogen-bond acceptors (Lipinski definition) is 3. The first kappa shape index (κ1) is 17.2. The molecule has 2 atom stereocenters. The summed E-state index contributed by atoms with van der Waals surface area (Å²) < 4.78 is 6.02. The lowest BCUT2D eigenvalue weighted by atomic mass is 9.64. The van der Waals surface area contributed by atoms with Gasteiger partial charge in [-0.25, -0.2) is 0 Å². The van der Waals surface area contributed by atoms with Gasteiger partial charge in [0.25, 0.3) is 0 Å². The van der Waals surface area contributed by atoms with Crippen LogP contribution in [-0.2, 0) is 4.74 Å². The Hall–Kier alpha value is -0.120. The summed E-state index contributed by atoms with van der Waals surface area (Å²) in [6.07, 6.45) is 8.27. The van der Waals surface area contributed by atoms with E-state index in [2.05, 4.69) is 33.0 Å². The summed E-state index contributed by atoms with van der Waals surface area (Å²) in [7, 11) is 0. The van der Waals surface area contributed by atoms with Crippen molar-refractivity contribution in [2.75, 3.05) is 13.2 Å². The Labute approximate surface area is 130 Å². The minimum Gasteiger partial charge on any atom is -0.389 e. The van der Waals surface area contributed by atoms with Gasteiger partial charge in [-0.05, 0) is 25.2 Å². The molecule has 3 heteroatoms. The van der Waals surface area contributed by atoms with Crippen molar-refractivity contribution in [2.45, 2.75) is 90.4 Å². The summed E-state index contributed by atoms with van der Waals surface area (Å²) in [6.45, 7) is 10.6. The van der Waals surface area contributed by atoms with Gasteiger partial charge >= 0.3 is 0 Å². The molecular weight excluding hydrogens is 262 g/mol. The van der Waals surface area contributed by atoms with Crippen molar-refractivity contribution in [2.24, 2.45) is 11.3 Å². The fourth-order valence-electron chi connectivity index (χ4n) is 3.70. The fraction of sp³-hybridized carbons (Fsp3) is 1.00. The quantitative estimate of drug-likeness (QED) is 0.737. The highest BCUT2D eigenvalue weighted by atomic mass is 16.5. The van der Waals surface area contributed by atoms with Crippen LogP contribution in [0.15, 0.2) is 0 Å². The van der Waals surface area contributed by atoms with Gasteiger partial charge in [-0.2, -0.15) is 0 Å². The van der Waals surface area contributed by atoms with Gasteiger partial charge in [0.05, 0.1) is 11.7 Å². The van der Waals surface area contributed by atoms with Crippen molar-refractivity contribution >= 4 is 0 Å². The zero-order valence-electron chi connectivity index (χ0n) is 14.5. The fourth-order valence-corrected chi connectivity index (χ4v) is 3.70. The molecule has 0 aromatic carbocycles. The number of ether oxygens (including phenoxy) is 1. The van der Waals surface area contributed by atoms with Gasteiger partial charge in [-0.1, -0.05) is 53.4 Å². The van der Waals surface area contributed by atoms with Gasteiger partial charge in [0.1, 0.15) is 0 Å². The molecule has 2 aliphatic rings. The van der Waals surface area contributed by atoms with Crippen LogP contribution in [0.3, 0.4) is 0 Å². The summed E-state index contributed by atoms with van der Waals surface area (Å²) in [5.74, 6) is 0.597. The molecule has 124 valence electrons. The van der Waals surface area contributed by atoms with Gasteiger partial charge in [0.2, 0.25) is 0 Å². The second-order valence-corrected chi connectivity index (χ2v) is 8.34. The van der Waals surface area contributed by atoms with Crippen LogP contribution in [-0.4, -0.2) is 36.0 Å². The predicted molar refractivity (Wildman–Crippen MR) is 87.4 cm³/mol. The normalized spacial score (nSPS) is 31.7. The Balaban J connectivity index is 1.76. The number of nitrogens with one attached hydrogen (secondary N) is 1. The predicted octanol–water partition coefficient (Wildman–Crippen LogP) is 3.50. The Morgan fingerprint density at radius 1 is 1.14 bits per heavy atom. The average Bonchev–Trinajstić information content (AvgIpc) is 2.62. The average molecular weight is 297 g/mol. The monoisotopic (exact) mass is 297 g/mol. The van der Waals surface area contributed by atoms with E-state index in [4.69, 9.17) is 4.74 Å². The lowest BCUT2D eigenvalue weighted by Gasteiger charge is -2.52. The molecule has 0 radical (unpaired) electrons. The maximum absolute atomic E-state index is 10.7. The summed E-state index contributed by atoms with van der Waals surface area (Å²) in [5.41, 5.74) is -0.299. The third-order valence-electron chi connectivity index (χ3n) is 5.52. The molecule has 0 heterocycles. The Morgan fingerprint density at radius 3 is 2.29 bits per heavy atom. The number of aliphatic hydroxyl groups is 1. The Bertz CT molecular complexity index is 319. The number of hydrogen-bond donors (Lipinski definition) is 2. The van der Waals surface area contributed by atoms with E-state index in [9.17, 15) is 5.11 Å². The number of rotatable bonds is 6. The molecule has 0 saturated heterocycles. The molecule has 2 rings (SSSR count). The van der Waals surface area contributed by atoms with Crippen LogP contribution >= 0.6 is 0 Å². The van der Waals surface area contributed by atoms with Crippen LogP contribution in [0, 0.1) is 11.3 Å². The summed E-state index contributed by atoms with van der Waals surface area (Å²) in [4.78, 5) is 0. The van der Waals surface area contributed by atoms with Crippen molar-refractivity contribution in [3.05, 3.63) is 0 Å². The van der Waals surface area contributed by atoms with E-state index in [0.29, 0.717) is 18.1 Å². The minimum absolute atomic E-state index is 0.177. The standard InChI is InChI=1S/C18H35NO2/c1-14(2)12-21-16-11-15(17(16,3)4)19-13-18(20)9-7-5-6-8-10-18/h14-16,19-20H,5-13H2,1-4H3. The van der Waals surface area contributed by atoms with Gasteiger partial charge in [0, 0.05) is 24.6 Å². The van der Waals surface area contributed by atoms with E-state index in [1.54, 1.807) is 0 Å². The van der Waals surface area contributed by atoms with E-state index in [1.165, 1.54) is 25.7 Å². The van der Waals surface area contributed by atoms with Crippen molar-refractivity contribution < 1.29 is 9.84 Å². The van der Waals surface area contributed by atoms with Gasteiger partial charge in [0.15, 0.2) is 0 Å². The second-order valence-electron chi connectivity index (χ2n) is 8.34. The van der Waals surface area contributed by atoms with Crippen LogP contribution in [0.5, 0.6) is 0 Å². The molecule has 2 N–H and O–H groups in total. The third-order valence-corrected chi connectivity index (χ3v) is 5.52. The summed E-state index contributed by atoms with van der Waals surface area (Å²) in [6, 6.07) is 0.474. The van der Waals surface area contributed by atoms with Crippen LogP contribution in [0.4, 0.5) is 0 Å². The van der Waals surface area contributed by atoms with Gasteiger partial charge in [-0.15, -0.1) is 0 Å². The SMILES string of the molecule is CC(C)COC1CC(NCC2(O)CCCCCC2)C1(C)C. The first-order valence-electron chi connectivity index (χ1n) is 8.91. The molecule has 3 nitrogen and oxygen atoms in total. The lowest BCUT2D eigenvalue weighted by molar-refractivity contribution is -0.127. The molecule has 2 saturated carbocycles. The van der Waals surface area contributed by atoms with Crippen LogP contribution in [0.2, 0.25) is 0 Å². The Morgan fingerprint density at radius 2 is 1.76 bits per heavy atom. The van der Waals surface area contributed by atoms with E-state index < -0.39 is 5.60 Å². The largest absolute Gasteiger partial charge is 0.389 e. The van der Waals surface area contributed by atoms with Crippen molar-refractivity contribution in [1.29, 1.82) is 0 Å². The maximum atomic E-state index is 10.7. The highest BCUT2D eigenvalue weighted by Gasteiger charge is 2.49. The van der Waals surface area contributed by atoms with Crippen LogP contribution < -0.4 is 5.32 Å². The molecule has 21 heavy (non-hydrogen) atoms. The summed E-state index contributed by atoms with van der Waals surface area (Å²) >= 11 is 0. The van der Waals surface area contributed by atoms with E-state index in [1.807, 2.05) is 0 Å². The molecule has 0 bridgehead atoms. The zero-order chi connectivity index (χ0) is 15.5. The highest BCUT2D eigenvalue weighted by Crippen LogP contribution is 2.43. The molecule has 0 aliphatic heterocycles. The molecule has 0 aromatic heterocycles.